The summed E-state index contributed by atoms with van der Waals surface area (Å²) in [7, 11) is 0. The molecule has 1 aromatic heterocycles. The van der Waals surface area contributed by atoms with Crippen molar-refractivity contribution in [1.29, 1.82) is 0 Å². The van der Waals surface area contributed by atoms with Gasteiger partial charge in [0.25, 0.3) is 5.56 Å². The molecular weight excluding hydrogens is 346 g/mol. The zero-order valence-corrected chi connectivity index (χ0v) is 14.6. The minimum Gasteiger partial charge on any atom is -0.492 e. The first-order chi connectivity index (χ1) is 13.1. The Kier molecular flexibility index (Phi) is 4.60. The monoisotopic (exact) mass is 365 g/mol. The fraction of sp³-hybridized carbons (Fsp3) is 0.250. The molecule has 1 aliphatic heterocycles. The van der Waals surface area contributed by atoms with Crippen LogP contribution in [0.5, 0.6) is 5.75 Å². The Morgan fingerprint density at radius 2 is 2.04 bits per heavy atom. The average Bonchev–Trinajstić information content (AvgIpc) is 2.69. The number of anilines is 1. The fourth-order valence-corrected chi connectivity index (χ4v) is 3.19. The van der Waals surface area contributed by atoms with E-state index in [1.54, 1.807) is 30.5 Å². The first-order valence-corrected chi connectivity index (χ1v) is 8.79. The Labute approximate surface area is 155 Å². The van der Waals surface area contributed by atoms with Crippen molar-refractivity contribution in [1.82, 2.24) is 9.78 Å². The maximum Gasteiger partial charge on any atom is 0.274 e. The number of aryl methyl sites for hydroxylation is 1. The third kappa shape index (κ3) is 3.54. The largest absolute Gasteiger partial charge is 0.492 e. The van der Waals surface area contributed by atoms with Gasteiger partial charge in [0, 0.05) is 17.5 Å². The summed E-state index contributed by atoms with van der Waals surface area (Å²) in [4.78, 5) is 23.9. The summed E-state index contributed by atoms with van der Waals surface area (Å²) >= 11 is 0. The number of fused-ring (bicyclic) bond motifs is 2. The summed E-state index contributed by atoms with van der Waals surface area (Å²) in [6.45, 7) is 0.556. The lowest BCUT2D eigenvalue weighted by Crippen LogP contribution is -2.25. The predicted octanol–water partition coefficient (Wildman–Crippen LogP) is 1.85. The number of amides is 1. The van der Waals surface area contributed by atoms with Gasteiger partial charge in [0.05, 0.1) is 24.7 Å². The molecule has 0 saturated heterocycles. The Morgan fingerprint density at radius 1 is 1.15 bits per heavy atom. The third-order valence-corrected chi connectivity index (χ3v) is 4.64. The van der Waals surface area contributed by atoms with Crippen molar-refractivity contribution < 1.29 is 14.6 Å². The van der Waals surface area contributed by atoms with Gasteiger partial charge in [-0.1, -0.05) is 6.07 Å². The molecule has 2 heterocycles. The minimum absolute atomic E-state index is 0.0315. The van der Waals surface area contributed by atoms with E-state index in [1.807, 2.05) is 12.1 Å². The molecule has 1 amide bonds. The van der Waals surface area contributed by atoms with Crippen LogP contribution in [0.3, 0.4) is 0 Å². The third-order valence-electron chi connectivity index (χ3n) is 4.64. The van der Waals surface area contributed by atoms with Gasteiger partial charge in [-0.25, -0.2) is 4.68 Å². The van der Waals surface area contributed by atoms with Gasteiger partial charge >= 0.3 is 0 Å². The van der Waals surface area contributed by atoms with E-state index in [9.17, 15) is 14.7 Å². The molecule has 0 fully saturated rings. The molecule has 0 spiro atoms. The standard InChI is InChI=1S/C20H19N3O4/c24-12-13-1-4-17-15(9-13)11-21-23(20(17)26)7-8-27-16-3-5-18-14(10-16)2-6-19(25)22-18/h1,3-5,9-11,24H,2,6-8,12H2,(H,22,25). The molecule has 3 aromatic rings. The zero-order valence-electron chi connectivity index (χ0n) is 14.6. The highest BCUT2D eigenvalue weighted by molar-refractivity contribution is 5.94. The number of nitrogens with one attached hydrogen (secondary N) is 1. The van der Waals surface area contributed by atoms with Crippen molar-refractivity contribution >= 4 is 22.4 Å². The van der Waals surface area contributed by atoms with Crippen molar-refractivity contribution in [3.05, 3.63) is 64.1 Å². The van der Waals surface area contributed by atoms with E-state index in [2.05, 4.69) is 10.4 Å². The Bertz CT molecular complexity index is 1070. The van der Waals surface area contributed by atoms with Gasteiger partial charge < -0.3 is 15.2 Å². The maximum absolute atomic E-state index is 12.5. The van der Waals surface area contributed by atoms with Crippen molar-refractivity contribution in [2.24, 2.45) is 0 Å². The number of nitrogens with zero attached hydrogens (tertiary/aromatic N) is 2. The predicted molar refractivity (Wildman–Crippen MR) is 101 cm³/mol. The van der Waals surface area contributed by atoms with Crippen LogP contribution in [-0.2, 0) is 24.4 Å². The van der Waals surface area contributed by atoms with Crippen LogP contribution in [0.2, 0.25) is 0 Å². The van der Waals surface area contributed by atoms with Crippen LogP contribution in [0.4, 0.5) is 5.69 Å². The zero-order chi connectivity index (χ0) is 18.8. The molecule has 27 heavy (non-hydrogen) atoms. The fourth-order valence-electron chi connectivity index (χ4n) is 3.19. The second kappa shape index (κ2) is 7.20. The number of carbonyl (C=O) groups excluding carboxylic acids is 1. The molecule has 2 N–H and O–H groups in total. The van der Waals surface area contributed by atoms with Crippen LogP contribution in [0.25, 0.3) is 10.8 Å². The van der Waals surface area contributed by atoms with Gasteiger partial charge in [0.2, 0.25) is 5.91 Å². The van der Waals surface area contributed by atoms with Gasteiger partial charge in [-0.15, -0.1) is 0 Å². The molecule has 0 atom stereocenters. The molecule has 0 saturated carbocycles. The van der Waals surface area contributed by atoms with Crippen LogP contribution < -0.4 is 15.6 Å². The molecule has 0 radical (unpaired) electrons. The molecule has 0 unspecified atom stereocenters. The lowest BCUT2D eigenvalue weighted by molar-refractivity contribution is -0.116. The molecule has 1 aliphatic rings. The van der Waals surface area contributed by atoms with Crippen LogP contribution in [-0.4, -0.2) is 27.4 Å². The minimum atomic E-state index is -0.186. The van der Waals surface area contributed by atoms with E-state index in [0.717, 1.165) is 16.8 Å². The van der Waals surface area contributed by atoms with E-state index >= 15 is 0 Å². The molecule has 7 nitrogen and oxygen atoms in total. The van der Waals surface area contributed by atoms with Gasteiger partial charge in [0.1, 0.15) is 12.4 Å². The number of aromatic nitrogens is 2. The quantitative estimate of drug-likeness (QED) is 0.720. The van der Waals surface area contributed by atoms with E-state index in [1.165, 1.54) is 4.68 Å². The topological polar surface area (TPSA) is 93.5 Å². The second-order valence-electron chi connectivity index (χ2n) is 6.47. The lowest BCUT2D eigenvalue weighted by Gasteiger charge is -2.17. The summed E-state index contributed by atoms with van der Waals surface area (Å²) in [6.07, 6.45) is 2.79. The van der Waals surface area contributed by atoms with Gasteiger partial charge in [0.15, 0.2) is 0 Å². The molecule has 0 bridgehead atoms. The number of hydrogen-bond acceptors (Lipinski definition) is 5. The van der Waals surface area contributed by atoms with Gasteiger partial charge in [-0.3, -0.25) is 9.59 Å². The SMILES string of the molecule is O=C1CCc2cc(OCCn3ncc4cc(CO)ccc4c3=O)ccc2N1. The van der Waals surface area contributed by atoms with Crippen LogP contribution in [0.15, 0.2) is 47.4 Å². The van der Waals surface area contributed by atoms with Crippen molar-refractivity contribution in [2.75, 3.05) is 11.9 Å². The highest BCUT2D eigenvalue weighted by Crippen LogP contribution is 2.26. The summed E-state index contributed by atoms with van der Waals surface area (Å²) in [5, 5.41) is 17.5. The summed E-state index contributed by atoms with van der Waals surface area (Å²) in [6, 6.07) is 10.8. The van der Waals surface area contributed by atoms with Crippen molar-refractivity contribution in [3.8, 4) is 5.75 Å². The van der Waals surface area contributed by atoms with Gasteiger partial charge in [-0.05, 0) is 47.9 Å². The molecular formula is C20H19N3O4. The van der Waals surface area contributed by atoms with Crippen molar-refractivity contribution in [2.45, 2.75) is 26.0 Å². The maximum atomic E-state index is 12.5. The molecule has 7 heteroatoms. The smallest absolute Gasteiger partial charge is 0.274 e. The normalized spacial score (nSPS) is 13.3. The van der Waals surface area contributed by atoms with E-state index in [0.29, 0.717) is 42.5 Å². The number of rotatable bonds is 5. The molecule has 0 aliphatic carbocycles. The first-order valence-electron chi connectivity index (χ1n) is 8.79. The highest BCUT2D eigenvalue weighted by Gasteiger charge is 2.15. The Hall–Kier alpha value is -3.19. The van der Waals surface area contributed by atoms with E-state index in [4.69, 9.17) is 4.74 Å². The van der Waals surface area contributed by atoms with Crippen LogP contribution in [0, 0.1) is 0 Å². The van der Waals surface area contributed by atoms with Crippen LogP contribution in [0.1, 0.15) is 17.5 Å². The number of aliphatic hydroxyl groups excluding tert-OH is 1. The molecule has 4 rings (SSSR count). The van der Waals surface area contributed by atoms with Crippen molar-refractivity contribution in [3.63, 3.8) is 0 Å². The number of ether oxygens (including phenoxy) is 1. The number of hydrogen-bond donors (Lipinski definition) is 2. The lowest BCUT2D eigenvalue weighted by atomic mass is 10.0. The summed E-state index contributed by atoms with van der Waals surface area (Å²) in [5.74, 6) is 0.732. The molecule has 2 aromatic carbocycles. The van der Waals surface area contributed by atoms with E-state index in [-0.39, 0.29) is 18.1 Å². The van der Waals surface area contributed by atoms with Gasteiger partial charge in [-0.2, -0.15) is 5.10 Å². The number of benzene rings is 2. The number of aliphatic hydroxyl groups is 1. The Balaban J connectivity index is 1.45. The number of carbonyl (C=O) groups is 1. The highest BCUT2D eigenvalue weighted by atomic mass is 16.5. The van der Waals surface area contributed by atoms with E-state index < -0.39 is 0 Å². The average molecular weight is 365 g/mol. The molecule has 138 valence electrons. The summed E-state index contributed by atoms with van der Waals surface area (Å²) in [5.41, 5.74) is 2.43. The summed E-state index contributed by atoms with van der Waals surface area (Å²) < 4.78 is 7.14. The van der Waals surface area contributed by atoms with Crippen LogP contribution >= 0.6 is 0 Å². The Morgan fingerprint density at radius 3 is 2.89 bits per heavy atom. The first kappa shape index (κ1) is 17.2. The second-order valence-corrected chi connectivity index (χ2v) is 6.47.